The Bertz CT molecular complexity index is 739. The molecule has 0 aliphatic carbocycles. The van der Waals surface area contributed by atoms with Gasteiger partial charge in [-0.15, -0.1) is 0 Å². The van der Waals surface area contributed by atoms with Crippen molar-refractivity contribution in [2.24, 2.45) is 0 Å². The first kappa shape index (κ1) is 14.2. The molecule has 1 aliphatic heterocycles. The van der Waals surface area contributed by atoms with Crippen LogP contribution in [-0.2, 0) is 6.42 Å². The maximum atomic E-state index is 13.4. The Balaban J connectivity index is 1.89. The summed E-state index contributed by atoms with van der Waals surface area (Å²) in [5.41, 5.74) is 1.46. The molecule has 0 spiro atoms. The highest BCUT2D eigenvalue weighted by molar-refractivity contribution is 5.47. The molecule has 112 valence electrons. The third kappa shape index (κ3) is 2.68. The monoisotopic (exact) mass is 299 g/mol. The van der Waals surface area contributed by atoms with E-state index < -0.39 is 5.92 Å². The van der Waals surface area contributed by atoms with E-state index in [0.29, 0.717) is 29.2 Å². The zero-order valence-electron chi connectivity index (χ0n) is 12.0. The maximum absolute atomic E-state index is 13.4. The topological polar surface area (TPSA) is 51.5 Å². The van der Waals surface area contributed by atoms with Crippen LogP contribution in [0.25, 0.3) is 0 Å². The Labute approximate surface area is 127 Å². The fourth-order valence-electron chi connectivity index (χ4n) is 2.49. The molecule has 1 heterocycles. The minimum atomic E-state index is -0.426. The molecule has 0 fully saturated rings. The molecule has 0 radical (unpaired) electrons. The molecular formula is C17H14FNO3. The predicted molar refractivity (Wildman–Crippen MR) is 77.6 cm³/mol. The first-order valence-corrected chi connectivity index (χ1v) is 6.83. The Morgan fingerprint density at radius 1 is 1.23 bits per heavy atom. The lowest BCUT2D eigenvalue weighted by atomic mass is 9.92. The van der Waals surface area contributed by atoms with E-state index in [1.807, 2.05) is 6.07 Å². The molecule has 1 atom stereocenters. The molecule has 22 heavy (non-hydrogen) atoms. The highest BCUT2D eigenvalue weighted by Crippen LogP contribution is 2.36. The molecule has 0 bridgehead atoms. The summed E-state index contributed by atoms with van der Waals surface area (Å²) in [5.74, 6) is 1.10. The van der Waals surface area contributed by atoms with E-state index in [9.17, 15) is 9.65 Å². The largest absolute Gasteiger partial charge is 0.496 e. The predicted octanol–water partition coefficient (Wildman–Crippen LogP) is 3.41. The summed E-state index contributed by atoms with van der Waals surface area (Å²) in [7, 11) is 1.53. The Kier molecular flexibility index (Phi) is 3.84. The van der Waals surface area contributed by atoms with Gasteiger partial charge in [0.15, 0.2) is 11.5 Å². The number of hydrogen-bond acceptors (Lipinski definition) is 4. The van der Waals surface area contributed by atoms with Crippen LogP contribution < -0.4 is 14.2 Å². The normalized spacial score (nSPS) is 13.5. The standard InChI is InChI=1S/C17H14FNO3/c1-20-15-5-3-14(18)7-12(15)6-13(9-19)11-2-4-16-17(8-11)22-10-21-16/h2-5,7-8,13H,6,10H2,1H3. The Morgan fingerprint density at radius 3 is 2.82 bits per heavy atom. The van der Waals surface area contributed by atoms with Crippen LogP contribution in [0.3, 0.4) is 0 Å². The van der Waals surface area contributed by atoms with Crippen molar-refractivity contribution in [3.63, 3.8) is 0 Å². The van der Waals surface area contributed by atoms with Crippen molar-refractivity contribution in [1.82, 2.24) is 0 Å². The van der Waals surface area contributed by atoms with Crippen molar-refractivity contribution in [3.8, 4) is 23.3 Å². The lowest BCUT2D eigenvalue weighted by Gasteiger charge is -2.13. The molecule has 0 N–H and O–H groups in total. The van der Waals surface area contributed by atoms with Gasteiger partial charge in [0.2, 0.25) is 6.79 Å². The van der Waals surface area contributed by atoms with Crippen LogP contribution >= 0.6 is 0 Å². The van der Waals surface area contributed by atoms with Gasteiger partial charge >= 0.3 is 0 Å². The van der Waals surface area contributed by atoms with Gasteiger partial charge in [-0.3, -0.25) is 0 Å². The summed E-state index contributed by atoms with van der Waals surface area (Å²) in [4.78, 5) is 0. The molecule has 0 saturated carbocycles. The smallest absolute Gasteiger partial charge is 0.231 e. The fourth-order valence-corrected chi connectivity index (χ4v) is 2.49. The van der Waals surface area contributed by atoms with E-state index in [-0.39, 0.29) is 12.6 Å². The van der Waals surface area contributed by atoms with Crippen LogP contribution in [0.15, 0.2) is 36.4 Å². The number of rotatable bonds is 4. The maximum Gasteiger partial charge on any atom is 0.231 e. The van der Waals surface area contributed by atoms with Crippen LogP contribution in [-0.4, -0.2) is 13.9 Å². The minimum absolute atomic E-state index is 0.188. The summed E-state index contributed by atoms with van der Waals surface area (Å²) in [6.07, 6.45) is 0.358. The van der Waals surface area contributed by atoms with Crippen LogP contribution in [0.5, 0.6) is 17.2 Å². The average molecular weight is 299 g/mol. The van der Waals surface area contributed by atoms with Gasteiger partial charge in [-0.25, -0.2) is 4.39 Å². The zero-order chi connectivity index (χ0) is 15.5. The van der Waals surface area contributed by atoms with Crippen molar-refractivity contribution < 1.29 is 18.6 Å². The van der Waals surface area contributed by atoms with Gasteiger partial charge in [0.1, 0.15) is 11.6 Å². The number of nitrogens with zero attached hydrogens (tertiary/aromatic N) is 1. The lowest BCUT2D eigenvalue weighted by Crippen LogP contribution is -2.03. The zero-order valence-corrected chi connectivity index (χ0v) is 12.0. The minimum Gasteiger partial charge on any atom is -0.496 e. The molecule has 0 amide bonds. The Morgan fingerprint density at radius 2 is 2.05 bits per heavy atom. The first-order valence-electron chi connectivity index (χ1n) is 6.83. The number of halogens is 1. The first-order chi connectivity index (χ1) is 10.7. The molecule has 4 nitrogen and oxygen atoms in total. The van der Waals surface area contributed by atoms with Gasteiger partial charge in [-0.1, -0.05) is 6.07 Å². The van der Waals surface area contributed by atoms with E-state index in [4.69, 9.17) is 14.2 Å². The average Bonchev–Trinajstić information content (AvgIpc) is 3.00. The summed E-state index contributed by atoms with van der Waals surface area (Å²) < 4.78 is 29.3. The third-order valence-electron chi connectivity index (χ3n) is 3.62. The molecule has 5 heteroatoms. The van der Waals surface area contributed by atoms with Crippen LogP contribution in [0.1, 0.15) is 17.0 Å². The number of benzene rings is 2. The van der Waals surface area contributed by atoms with Crippen molar-refractivity contribution in [3.05, 3.63) is 53.3 Å². The number of nitriles is 1. The van der Waals surface area contributed by atoms with Crippen molar-refractivity contribution in [1.29, 1.82) is 5.26 Å². The van der Waals surface area contributed by atoms with Gasteiger partial charge in [0, 0.05) is 0 Å². The summed E-state index contributed by atoms with van der Waals surface area (Å²) in [6.45, 7) is 0.188. The van der Waals surface area contributed by atoms with Crippen molar-refractivity contribution in [2.45, 2.75) is 12.3 Å². The van der Waals surface area contributed by atoms with Gasteiger partial charge in [0.05, 0.1) is 19.1 Å². The van der Waals surface area contributed by atoms with Gasteiger partial charge < -0.3 is 14.2 Å². The molecule has 0 aromatic heterocycles. The number of fused-ring (bicyclic) bond motifs is 1. The van der Waals surface area contributed by atoms with Gasteiger partial charge in [-0.2, -0.15) is 5.26 Å². The third-order valence-corrected chi connectivity index (χ3v) is 3.62. The van der Waals surface area contributed by atoms with Crippen molar-refractivity contribution >= 4 is 0 Å². The highest BCUT2D eigenvalue weighted by atomic mass is 19.1. The van der Waals surface area contributed by atoms with Gasteiger partial charge in [0.25, 0.3) is 0 Å². The van der Waals surface area contributed by atoms with Crippen LogP contribution in [0, 0.1) is 17.1 Å². The molecular weight excluding hydrogens is 285 g/mol. The van der Waals surface area contributed by atoms with Gasteiger partial charge in [-0.05, 0) is 47.9 Å². The van der Waals surface area contributed by atoms with E-state index in [1.54, 1.807) is 18.2 Å². The Hall–Kier alpha value is -2.74. The number of methoxy groups -OCH3 is 1. The van der Waals surface area contributed by atoms with Crippen molar-refractivity contribution in [2.75, 3.05) is 13.9 Å². The molecule has 3 rings (SSSR count). The lowest BCUT2D eigenvalue weighted by molar-refractivity contribution is 0.174. The summed E-state index contributed by atoms with van der Waals surface area (Å²) >= 11 is 0. The molecule has 2 aromatic rings. The molecule has 0 saturated heterocycles. The second-order valence-corrected chi connectivity index (χ2v) is 4.95. The molecule has 1 aliphatic rings. The van der Waals surface area contributed by atoms with Crippen LogP contribution in [0.4, 0.5) is 4.39 Å². The van der Waals surface area contributed by atoms with E-state index in [0.717, 1.165) is 5.56 Å². The quantitative estimate of drug-likeness (QED) is 0.868. The number of hydrogen-bond donors (Lipinski definition) is 0. The van der Waals surface area contributed by atoms with E-state index in [2.05, 4.69) is 6.07 Å². The summed E-state index contributed by atoms with van der Waals surface area (Å²) in [5, 5.41) is 9.47. The van der Waals surface area contributed by atoms with E-state index in [1.165, 1.54) is 19.2 Å². The second-order valence-electron chi connectivity index (χ2n) is 4.95. The number of ether oxygens (including phenoxy) is 3. The molecule has 2 aromatic carbocycles. The summed E-state index contributed by atoms with van der Waals surface area (Å²) in [6, 6.07) is 12.0. The highest BCUT2D eigenvalue weighted by Gasteiger charge is 2.19. The fraction of sp³-hybridized carbons (Fsp3) is 0.235. The van der Waals surface area contributed by atoms with E-state index >= 15 is 0 Å². The molecule has 1 unspecified atom stereocenters. The second kappa shape index (κ2) is 5.94. The van der Waals surface area contributed by atoms with Crippen LogP contribution in [0.2, 0.25) is 0 Å². The SMILES string of the molecule is COc1ccc(F)cc1CC(C#N)c1ccc2c(c1)OCO2.